The van der Waals surface area contributed by atoms with Crippen molar-refractivity contribution in [3.05, 3.63) is 64.1 Å². The van der Waals surface area contributed by atoms with E-state index in [1.54, 1.807) is 5.56 Å². The van der Waals surface area contributed by atoms with Crippen molar-refractivity contribution in [3.8, 4) is 5.75 Å². The zero-order chi connectivity index (χ0) is 20.7. The van der Waals surface area contributed by atoms with E-state index in [0.717, 1.165) is 39.3 Å². The molecule has 4 heteroatoms. The minimum atomic E-state index is 0.447. The Bertz CT molecular complexity index is 882. The molecule has 0 N–H and O–H groups in total. The Morgan fingerprint density at radius 1 is 0.933 bits per heavy atom. The Labute approximate surface area is 188 Å². The van der Waals surface area contributed by atoms with E-state index in [4.69, 9.17) is 4.74 Å². The summed E-state index contributed by atoms with van der Waals surface area (Å²) < 4.78 is 7.22. The normalized spacial score (nSPS) is 29.8. The van der Waals surface area contributed by atoms with Crippen LogP contribution in [0.4, 0.5) is 0 Å². The number of hydrogen-bond acceptors (Lipinski definition) is 3. The summed E-state index contributed by atoms with van der Waals surface area (Å²) in [5, 5.41) is 6.48. The summed E-state index contributed by atoms with van der Waals surface area (Å²) in [6.45, 7) is 0.455. The van der Waals surface area contributed by atoms with E-state index in [9.17, 15) is 0 Å². The van der Waals surface area contributed by atoms with Crippen LogP contribution in [0.2, 0.25) is 0 Å². The quantitative estimate of drug-likeness (QED) is 0.370. The van der Waals surface area contributed by atoms with Gasteiger partial charge in [0.1, 0.15) is 18.1 Å². The van der Waals surface area contributed by atoms with Crippen molar-refractivity contribution >= 4 is 21.6 Å². The van der Waals surface area contributed by atoms with Crippen LogP contribution < -0.4 is 4.74 Å². The number of benzene rings is 2. The summed E-state index contributed by atoms with van der Waals surface area (Å²) in [5.74, 6) is 3.85. The molecule has 2 aromatic carbocycles. The molecule has 2 aromatic rings. The van der Waals surface area contributed by atoms with Crippen LogP contribution in [-0.2, 0) is 5.41 Å². The lowest BCUT2D eigenvalue weighted by Gasteiger charge is -2.57. The average molecular weight is 467 g/mol. The summed E-state index contributed by atoms with van der Waals surface area (Å²) in [4.78, 5) is 0. The van der Waals surface area contributed by atoms with Crippen molar-refractivity contribution in [2.75, 3.05) is 20.7 Å². The Morgan fingerprint density at radius 2 is 1.50 bits per heavy atom. The predicted octanol–water partition coefficient (Wildman–Crippen LogP) is 6.26. The minimum Gasteiger partial charge on any atom is -0.487 e. The lowest BCUT2D eigenvalue weighted by atomic mass is 9.48. The maximum atomic E-state index is 6.16. The first-order chi connectivity index (χ1) is 14.5. The molecule has 4 saturated carbocycles. The standard InChI is InChI=1S/C26H31BrN2O/c1-29(2)28-25(21-3-7-23(27)8-4-21)17-30-24-9-5-22(6-10-24)26-14-18-11-19(15-26)13-20(12-18)16-26/h3-10,18-20H,11-17H2,1-2H3/b28-25-. The van der Waals surface area contributed by atoms with Gasteiger partial charge < -0.3 is 9.75 Å². The predicted molar refractivity (Wildman–Crippen MR) is 126 cm³/mol. The first-order valence-electron chi connectivity index (χ1n) is 11.2. The third kappa shape index (κ3) is 4.03. The van der Waals surface area contributed by atoms with Gasteiger partial charge in [-0.15, -0.1) is 0 Å². The number of rotatable bonds is 6. The molecule has 158 valence electrons. The van der Waals surface area contributed by atoms with E-state index in [2.05, 4.69) is 57.4 Å². The van der Waals surface area contributed by atoms with Gasteiger partial charge in [-0.3, -0.25) is 0 Å². The molecule has 0 aromatic heterocycles. The highest BCUT2D eigenvalue weighted by Crippen LogP contribution is 2.60. The minimum absolute atomic E-state index is 0.447. The lowest BCUT2D eigenvalue weighted by Crippen LogP contribution is -2.48. The SMILES string of the molecule is CN(C)/N=C(/COc1ccc(C23CC4CC(CC(C4)C2)C3)cc1)c1ccc(Br)cc1. The highest BCUT2D eigenvalue weighted by atomic mass is 79.9. The van der Waals surface area contributed by atoms with Crippen LogP contribution in [0, 0.1) is 17.8 Å². The molecule has 3 nitrogen and oxygen atoms in total. The summed E-state index contributed by atoms with van der Waals surface area (Å²) in [7, 11) is 3.89. The highest BCUT2D eigenvalue weighted by Gasteiger charge is 2.51. The zero-order valence-electron chi connectivity index (χ0n) is 18.0. The van der Waals surface area contributed by atoms with Gasteiger partial charge in [0.05, 0.1) is 0 Å². The smallest absolute Gasteiger partial charge is 0.133 e. The Kier molecular flexibility index (Phi) is 5.38. The van der Waals surface area contributed by atoms with Gasteiger partial charge >= 0.3 is 0 Å². The average Bonchev–Trinajstić information content (AvgIpc) is 2.71. The molecule has 0 heterocycles. The summed E-state index contributed by atoms with van der Waals surface area (Å²) >= 11 is 3.50. The maximum Gasteiger partial charge on any atom is 0.133 e. The van der Waals surface area contributed by atoms with Gasteiger partial charge in [-0.1, -0.05) is 40.2 Å². The first-order valence-corrected chi connectivity index (χ1v) is 12.0. The number of ether oxygens (including phenoxy) is 1. The van der Waals surface area contributed by atoms with Gasteiger partial charge in [-0.25, -0.2) is 0 Å². The van der Waals surface area contributed by atoms with E-state index >= 15 is 0 Å². The van der Waals surface area contributed by atoms with Crippen molar-refractivity contribution < 1.29 is 4.74 Å². The Hall–Kier alpha value is -1.81. The van der Waals surface area contributed by atoms with Crippen LogP contribution >= 0.6 is 15.9 Å². The molecule has 0 aliphatic heterocycles. The molecule has 4 bridgehead atoms. The summed E-state index contributed by atoms with van der Waals surface area (Å²) in [6, 6.07) is 17.3. The topological polar surface area (TPSA) is 24.8 Å². The van der Waals surface area contributed by atoms with Gasteiger partial charge in [0.2, 0.25) is 0 Å². The molecular weight excluding hydrogens is 436 g/mol. The second-order valence-corrected chi connectivity index (χ2v) is 10.8. The highest BCUT2D eigenvalue weighted by molar-refractivity contribution is 9.10. The van der Waals surface area contributed by atoms with E-state index in [1.165, 1.54) is 38.5 Å². The van der Waals surface area contributed by atoms with Gasteiger partial charge in [-0.05, 0) is 91.5 Å². The Morgan fingerprint density at radius 3 is 2.03 bits per heavy atom. The fourth-order valence-electron chi connectivity index (χ4n) is 6.57. The molecule has 0 unspecified atom stereocenters. The van der Waals surface area contributed by atoms with Crippen molar-refractivity contribution in [2.24, 2.45) is 22.9 Å². The largest absolute Gasteiger partial charge is 0.487 e. The van der Waals surface area contributed by atoms with Crippen LogP contribution in [0.5, 0.6) is 5.75 Å². The third-order valence-corrected chi connectivity index (χ3v) is 7.91. The fraction of sp³-hybridized carbons (Fsp3) is 0.500. The molecule has 0 atom stereocenters. The molecule has 4 aliphatic carbocycles. The molecule has 0 spiro atoms. The van der Waals surface area contributed by atoms with E-state index in [0.29, 0.717) is 12.0 Å². The van der Waals surface area contributed by atoms with Crippen LogP contribution in [-0.4, -0.2) is 31.4 Å². The van der Waals surface area contributed by atoms with Gasteiger partial charge in [0.25, 0.3) is 0 Å². The van der Waals surface area contributed by atoms with Crippen molar-refractivity contribution in [2.45, 2.75) is 43.9 Å². The molecule has 6 rings (SSSR count). The fourth-order valence-corrected chi connectivity index (χ4v) is 6.84. The van der Waals surface area contributed by atoms with Crippen LogP contribution in [0.3, 0.4) is 0 Å². The second-order valence-electron chi connectivity index (χ2n) is 9.91. The maximum absolute atomic E-state index is 6.16. The zero-order valence-corrected chi connectivity index (χ0v) is 19.6. The van der Waals surface area contributed by atoms with Crippen LogP contribution in [0.1, 0.15) is 49.7 Å². The van der Waals surface area contributed by atoms with Crippen LogP contribution in [0.25, 0.3) is 0 Å². The molecule has 30 heavy (non-hydrogen) atoms. The number of hydrazone groups is 1. The van der Waals surface area contributed by atoms with Crippen molar-refractivity contribution in [1.29, 1.82) is 0 Å². The van der Waals surface area contributed by atoms with Crippen LogP contribution in [0.15, 0.2) is 58.1 Å². The molecule has 0 amide bonds. The number of halogens is 1. The molecule has 4 aliphatic rings. The molecular formula is C26H31BrN2O. The molecule has 0 saturated heterocycles. The lowest BCUT2D eigenvalue weighted by molar-refractivity contribution is -0.00520. The first kappa shape index (κ1) is 20.1. The van der Waals surface area contributed by atoms with Crippen molar-refractivity contribution in [1.82, 2.24) is 5.01 Å². The number of nitrogens with zero attached hydrogens (tertiary/aromatic N) is 2. The van der Waals surface area contributed by atoms with Gasteiger partial charge in [0, 0.05) is 24.1 Å². The van der Waals surface area contributed by atoms with E-state index in [-0.39, 0.29) is 0 Å². The second kappa shape index (κ2) is 8.03. The molecule has 4 fully saturated rings. The number of hydrogen-bond donors (Lipinski definition) is 0. The van der Waals surface area contributed by atoms with Crippen molar-refractivity contribution in [3.63, 3.8) is 0 Å². The monoisotopic (exact) mass is 466 g/mol. The van der Waals surface area contributed by atoms with Gasteiger partial charge in [0.15, 0.2) is 0 Å². The Balaban J connectivity index is 1.29. The van der Waals surface area contributed by atoms with Gasteiger partial charge in [-0.2, -0.15) is 5.10 Å². The summed E-state index contributed by atoms with van der Waals surface area (Å²) in [6.07, 6.45) is 8.69. The van der Waals surface area contributed by atoms with E-state index in [1.807, 2.05) is 31.2 Å². The van der Waals surface area contributed by atoms with E-state index < -0.39 is 0 Å². The third-order valence-electron chi connectivity index (χ3n) is 7.38. The summed E-state index contributed by atoms with van der Waals surface area (Å²) in [5.41, 5.74) is 4.00. The molecule has 0 radical (unpaired) electrons.